The largest absolute Gasteiger partial charge is 0.470 e. The van der Waals surface area contributed by atoms with Crippen LogP contribution in [0.25, 0.3) is 0 Å². The predicted molar refractivity (Wildman–Crippen MR) is 170 cm³/mol. The Hall–Kier alpha value is -2.93. The summed E-state index contributed by atoms with van der Waals surface area (Å²) in [6.45, 7) is 2.06. The molecule has 49 heavy (non-hydrogen) atoms. The molecule has 262 valence electrons. The van der Waals surface area contributed by atoms with Gasteiger partial charge < -0.3 is 29.5 Å². The van der Waals surface area contributed by atoms with E-state index in [0.717, 1.165) is 22.8 Å². The van der Waals surface area contributed by atoms with E-state index in [0.29, 0.717) is 12.0 Å². The van der Waals surface area contributed by atoms with E-state index in [1.165, 1.54) is 19.1 Å². The summed E-state index contributed by atoms with van der Waals surface area (Å²) < 4.78 is 62.9. The average molecular weight is 701 g/mol. The minimum Gasteiger partial charge on any atom is -0.392 e. The molecule has 1 heterocycles. The van der Waals surface area contributed by atoms with Crippen LogP contribution >= 0.6 is 7.82 Å². The van der Waals surface area contributed by atoms with Gasteiger partial charge >= 0.3 is 7.82 Å². The van der Waals surface area contributed by atoms with Crippen LogP contribution in [0, 0.1) is 22.7 Å². The summed E-state index contributed by atoms with van der Waals surface area (Å²) >= 11 is 0. The van der Waals surface area contributed by atoms with Crippen LogP contribution in [0.2, 0.25) is 0 Å². The van der Waals surface area contributed by atoms with Crippen molar-refractivity contribution in [2.75, 3.05) is 6.61 Å². The lowest BCUT2D eigenvalue weighted by atomic mass is 9.44. The third-order valence-corrected chi connectivity index (χ3v) is 12.5. The topological polar surface area (TPSA) is 160 Å². The van der Waals surface area contributed by atoms with Gasteiger partial charge in [-0.3, -0.25) is 14.1 Å². The molecule has 1 aliphatic heterocycles. The van der Waals surface area contributed by atoms with Crippen molar-refractivity contribution < 1.29 is 56.9 Å². The highest BCUT2D eigenvalue weighted by Crippen LogP contribution is 2.72. The first-order chi connectivity index (χ1) is 23.1. The molecule has 0 radical (unpaired) electrons. The Bertz CT molecular complexity index is 1770. The van der Waals surface area contributed by atoms with Gasteiger partial charge in [-0.1, -0.05) is 61.5 Å². The number of allylic oxidation sites excluding steroid dienone is 4. The van der Waals surface area contributed by atoms with Gasteiger partial charge in [0.15, 0.2) is 29.1 Å². The fourth-order valence-electron chi connectivity index (χ4n) is 9.64. The molecule has 4 aliphatic carbocycles. The molecular formula is C36H39F2O10P. The number of hydrogen-bond donors (Lipinski definition) is 4. The van der Waals surface area contributed by atoms with E-state index in [1.54, 1.807) is 19.1 Å². The molecule has 10 atom stereocenters. The number of carbonyl (C=O) groups is 2. The number of ether oxygens (including phenoxy) is 2. The fourth-order valence-corrected chi connectivity index (χ4v) is 9.92. The Labute approximate surface area is 282 Å². The third kappa shape index (κ3) is 5.18. The van der Waals surface area contributed by atoms with Crippen molar-refractivity contribution in [1.82, 2.24) is 0 Å². The SMILES string of the molecule is C[C@]12C=CC(=O)C=C1[C@@H](F)C[C@H]1[C@@H]3C[C@H]4O[C@@H](c5ccc(Cc6ccc(CO)cc6)cc5)O[C@@]4(C(=O)COP(=O)(O)O)[C@@]3(C)C[C@H](O)[C@@]12F. The molecule has 0 aromatic heterocycles. The molecule has 0 bridgehead atoms. The van der Waals surface area contributed by atoms with Crippen LogP contribution in [-0.2, 0) is 41.2 Å². The van der Waals surface area contributed by atoms with E-state index in [1.807, 2.05) is 36.4 Å². The Morgan fingerprint density at radius 1 is 1.02 bits per heavy atom. The van der Waals surface area contributed by atoms with Crippen LogP contribution in [0.1, 0.15) is 61.7 Å². The maximum absolute atomic E-state index is 17.7. The molecule has 5 aliphatic rings. The van der Waals surface area contributed by atoms with Gasteiger partial charge in [-0.05, 0) is 72.9 Å². The third-order valence-electron chi connectivity index (χ3n) is 12.0. The number of halogens is 2. The molecule has 10 nitrogen and oxygen atoms in total. The van der Waals surface area contributed by atoms with Gasteiger partial charge in [0.25, 0.3) is 0 Å². The Balaban J connectivity index is 1.22. The number of rotatable bonds is 8. The zero-order chi connectivity index (χ0) is 35.1. The van der Waals surface area contributed by atoms with Crippen LogP contribution in [0.3, 0.4) is 0 Å². The number of Topliss-reactive ketones (excluding diaryl/α,β-unsaturated/α-hetero) is 1. The summed E-state index contributed by atoms with van der Waals surface area (Å²) in [6, 6.07) is 14.9. The number of hydrogen-bond acceptors (Lipinski definition) is 8. The summed E-state index contributed by atoms with van der Waals surface area (Å²) in [5.41, 5.74) is -3.98. The van der Waals surface area contributed by atoms with Gasteiger partial charge in [0.05, 0.1) is 18.8 Å². The number of phosphoric acid groups is 1. The number of aliphatic hydroxyl groups excluding tert-OH is 2. The first kappa shape index (κ1) is 34.5. The van der Waals surface area contributed by atoms with Gasteiger partial charge in [0.1, 0.15) is 12.8 Å². The molecular weight excluding hydrogens is 661 g/mol. The summed E-state index contributed by atoms with van der Waals surface area (Å²) in [6.07, 6.45) is -1.92. The summed E-state index contributed by atoms with van der Waals surface area (Å²) in [7, 11) is -5.09. The van der Waals surface area contributed by atoms with E-state index in [9.17, 15) is 34.2 Å². The molecule has 2 aromatic rings. The fraction of sp³-hybridized carbons (Fsp3) is 0.500. The Morgan fingerprint density at radius 3 is 2.29 bits per heavy atom. The molecule has 13 heteroatoms. The molecule has 0 amide bonds. The van der Waals surface area contributed by atoms with Gasteiger partial charge in [-0.2, -0.15) is 0 Å². The maximum Gasteiger partial charge on any atom is 0.470 e. The molecule has 0 unspecified atom stereocenters. The average Bonchev–Trinajstić information content (AvgIpc) is 3.56. The lowest BCUT2D eigenvalue weighted by Gasteiger charge is -2.63. The van der Waals surface area contributed by atoms with Crippen molar-refractivity contribution in [2.45, 2.75) is 82.1 Å². The monoisotopic (exact) mass is 700 g/mol. The van der Waals surface area contributed by atoms with E-state index in [-0.39, 0.29) is 31.4 Å². The zero-order valence-electron chi connectivity index (χ0n) is 27.0. The normalized spacial score (nSPS) is 39.5. The summed E-state index contributed by atoms with van der Waals surface area (Å²) in [5, 5.41) is 21.1. The van der Waals surface area contributed by atoms with Crippen molar-refractivity contribution >= 4 is 19.4 Å². The van der Waals surface area contributed by atoms with Crippen molar-refractivity contribution in [3.63, 3.8) is 0 Å². The van der Waals surface area contributed by atoms with Gasteiger partial charge in [0.2, 0.25) is 0 Å². The van der Waals surface area contributed by atoms with E-state index < -0.39 is 84.6 Å². The number of ketones is 2. The molecule has 2 aromatic carbocycles. The molecule has 3 saturated carbocycles. The molecule has 7 rings (SSSR count). The molecule has 4 fully saturated rings. The first-order valence-electron chi connectivity index (χ1n) is 16.4. The Kier molecular flexibility index (Phi) is 8.32. The van der Waals surface area contributed by atoms with Crippen LogP contribution in [0.15, 0.2) is 72.3 Å². The maximum atomic E-state index is 17.7. The van der Waals surface area contributed by atoms with Crippen molar-refractivity contribution in [2.24, 2.45) is 22.7 Å². The zero-order valence-corrected chi connectivity index (χ0v) is 27.9. The minimum absolute atomic E-state index is 0.0291. The second kappa shape index (κ2) is 11.8. The van der Waals surface area contributed by atoms with Crippen molar-refractivity contribution in [3.05, 3.63) is 94.6 Å². The number of carbonyl (C=O) groups excluding carboxylic acids is 2. The first-order valence-corrected chi connectivity index (χ1v) is 17.9. The lowest BCUT2D eigenvalue weighted by molar-refractivity contribution is -0.235. The highest BCUT2D eigenvalue weighted by atomic mass is 31.2. The smallest absolute Gasteiger partial charge is 0.392 e. The van der Waals surface area contributed by atoms with Gasteiger partial charge in [-0.15, -0.1) is 0 Å². The number of alkyl halides is 2. The quantitative estimate of drug-likeness (QED) is 0.288. The van der Waals surface area contributed by atoms with E-state index >= 15 is 8.78 Å². The van der Waals surface area contributed by atoms with Crippen LogP contribution in [0.4, 0.5) is 8.78 Å². The second-order valence-corrected chi connectivity index (χ2v) is 15.7. The standard InChI is InChI=1S/C36H39F2O10P/c1-33-12-11-24(40)14-27(33)28(37)15-26-25-16-31-36(30(42)19-46-49(43,44)45,34(25,2)17-29(41)35(26,33)38)48-32(47-31)23-9-7-21(8-10-23)13-20-3-5-22(18-39)6-4-20/h3-12,14,25-26,28-29,31-32,39,41H,13,15-19H2,1-2H3,(H2,43,44,45)/t25-,26-,28-,29-,31+,32+,33-,34-,35-,36+/m0/s1. The van der Waals surface area contributed by atoms with E-state index in [2.05, 4.69) is 4.52 Å². The molecule has 0 spiro atoms. The van der Waals surface area contributed by atoms with Crippen LogP contribution < -0.4 is 0 Å². The highest BCUT2D eigenvalue weighted by molar-refractivity contribution is 7.46. The van der Waals surface area contributed by atoms with Crippen LogP contribution in [0.5, 0.6) is 0 Å². The summed E-state index contributed by atoms with van der Waals surface area (Å²) in [5.74, 6) is -3.17. The summed E-state index contributed by atoms with van der Waals surface area (Å²) in [4.78, 5) is 45.2. The molecule has 1 saturated heterocycles. The van der Waals surface area contributed by atoms with Gasteiger partial charge in [-0.25, -0.2) is 13.3 Å². The second-order valence-electron chi connectivity index (χ2n) is 14.5. The minimum atomic E-state index is -5.09. The lowest BCUT2D eigenvalue weighted by Crippen LogP contribution is -2.70. The number of phosphoric ester groups is 1. The highest BCUT2D eigenvalue weighted by Gasteiger charge is 2.80. The predicted octanol–water partition coefficient (Wildman–Crippen LogP) is 4.53. The number of fused-ring (bicyclic) bond motifs is 7. The molecule has 4 N–H and O–H groups in total. The van der Waals surface area contributed by atoms with Crippen molar-refractivity contribution in [1.29, 1.82) is 0 Å². The number of aliphatic hydroxyl groups is 2. The van der Waals surface area contributed by atoms with Crippen LogP contribution in [-0.4, -0.2) is 67.8 Å². The van der Waals surface area contributed by atoms with Gasteiger partial charge in [0, 0.05) is 22.3 Å². The Morgan fingerprint density at radius 2 is 1.65 bits per heavy atom. The number of benzene rings is 2. The van der Waals surface area contributed by atoms with E-state index in [4.69, 9.17) is 9.47 Å². The van der Waals surface area contributed by atoms with Crippen molar-refractivity contribution in [3.8, 4) is 0 Å².